The topological polar surface area (TPSA) is 41.9 Å². The van der Waals surface area contributed by atoms with Gasteiger partial charge in [-0.1, -0.05) is 12.8 Å². The zero-order valence-electron chi connectivity index (χ0n) is 9.66. The molecule has 0 radical (unpaired) electrons. The van der Waals surface area contributed by atoms with Gasteiger partial charge < -0.3 is 10.6 Å². The first-order chi connectivity index (χ1) is 8.24. The van der Waals surface area contributed by atoms with Crippen LogP contribution in [0.1, 0.15) is 25.7 Å². The molecule has 1 fully saturated rings. The molecule has 0 aliphatic heterocycles. The summed E-state index contributed by atoms with van der Waals surface area (Å²) < 4.78 is 2.89. The molecule has 0 saturated heterocycles. The second kappa shape index (κ2) is 6.35. The number of hydrogen-bond donors (Lipinski definition) is 2. The van der Waals surface area contributed by atoms with Crippen molar-refractivity contribution in [1.29, 1.82) is 0 Å². The molecule has 1 aliphatic rings. The van der Waals surface area contributed by atoms with Gasteiger partial charge in [0.15, 0.2) is 5.11 Å². The molecule has 17 heavy (non-hydrogen) atoms. The second-order valence-electron chi connectivity index (χ2n) is 4.30. The van der Waals surface area contributed by atoms with E-state index in [2.05, 4.69) is 31.7 Å². The zero-order valence-corrected chi connectivity index (χ0v) is 12.1. The Balaban J connectivity index is 1.62. The lowest BCUT2D eigenvalue weighted by Gasteiger charge is -2.15. The molecular weight excluding hydrogens is 300 g/mol. The molecule has 0 aromatic carbocycles. The Morgan fingerprint density at radius 3 is 2.94 bits per heavy atom. The van der Waals surface area contributed by atoms with E-state index in [0.29, 0.717) is 6.04 Å². The summed E-state index contributed by atoms with van der Waals surface area (Å²) in [4.78, 5) is 0. The van der Waals surface area contributed by atoms with Crippen molar-refractivity contribution in [2.45, 2.75) is 38.3 Å². The van der Waals surface area contributed by atoms with Crippen LogP contribution in [0.4, 0.5) is 0 Å². The fourth-order valence-electron chi connectivity index (χ4n) is 2.05. The smallest absolute Gasteiger partial charge is 0.166 e. The van der Waals surface area contributed by atoms with Gasteiger partial charge in [0.2, 0.25) is 0 Å². The molecule has 1 aromatic rings. The van der Waals surface area contributed by atoms with Gasteiger partial charge in [-0.15, -0.1) is 0 Å². The Labute approximate surface area is 115 Å². The minimum atomic E-state index is 0.578. The van der Waals surface area contributed by atoms with Gasteiger partial charge in [0.1, 0.15) is 0 Å². The van der Waals surface area contributed by atoms with Gasteiger partial charge >= 0.3 is 0 Å². The first-order valence-electron chi connectivity index (χ1n) is 5.96. The molecular formula is C11H17BrN4S. The van der Waals surface area contributed by atoms with Crippen molar-refractivity contribution in [3.05, 3.63) is 16.9 Å². The third-order valence-corrected chi connectivity index (χ3v) is 3.59. The highest BCUT2D eigenvalue weighted by molar-refractivity contribution is 9.10. The first-order valence-corrected chi connectivity index (χ1v) is 7.16. The summed E-state index contributed by atoms with van der Waals surface area (Å²) in [5.74, 6) is 0. The summed E-state index contributed by atoms with van der Waals surface area (Å²) in [6.45, 7) is 1.62. The first kappa shape index (κ1) is 12.8. The molecule has 2 rings (SSSR count). The largest absolute Gasteiger partial charge is 0.361 e. The number of hydrogen-bond acceptors (Lipinski definition) is 2. The van der Waals surface area contributed by atoms with Crippen LogP contribution in [0.2, 0.25) is 0 Å². The molecule has 1 aromatic heterocycles. The van der Waals surface area contributed by atoms with E-state index >= 15 is 0 Å². The van der Waals surface area contributed by atoms with Gasteiger partial charge in [0.25, 0.3) is 0 Å². The number of thiocarbonyl (C=S) groups is 1. The van der Waals surface area contributed by atoms with Crippen LogP contribution in [-0.2, 0) is 6.54 Å². The fraction of sp³-hybridized carbons (Fsp3) is 0.636. The van der Waals surface area contributed by atoms with Gasteiger partial charge in [0, 0.05) is 18.8 Å². The molecule has 0 atom stereocenters. The SMILES string of the molecule is S=C(NCCn1cc(Br)cn1)NC1CCCC1. The van der Waals surface area contributed by atoms with Crippen molar-refractivity contribution < 1.29 is 0 Å². The van der Waals surface area contributed by atoms with E-state index in [4.69, 9.17) is 12.2 Å². The fourth-order valence-corrected chi connectivity index (χ4v) is 2.65. The maximum Gasteiger partial charge on any atom is 0.166 e. The average molecular weight is 317 g/mol. The van der Waals surface area contributed by atoms with Crippen molar-refractivity contribution >= 4 is 33.3 Å². The van der Waals surface area contributed by atoms with Crippen LogP contribution in [0, 0.1) is 0 Å². The number of nitrogens with zero attached hydrogens (tertiary/aromatic N) is 2. The highest BCUT2D eigenvalue weighted by Gasteiger charge is 2.14. The van der Waals surface area contributed by atoms with Crippen LogP contribution in [0.15, 0.2) is 16.9 Å². The molecule has 1 aliphatic carbocycles. The molecule has 6 heteroatoms. The van der Waals surface area contributed by atoms with Crippen LogP contribution in [-0.4, -0.2) is 27.5 Å². The Hall–Kier alpha value is -0.620. The van der Waals surface area contributed by atoms with Crippen molar-refractivity contribution in [2.75, 3.05) is 6.54 Å². The van der Waals surface area contributed by atoms with Crippen LogP contribution < -0.4 is 10.6 Å². The summed E-state index contributed by atoms with van der Waals surface area (Å²) in [6.07, 6.45) is 8.87. The second-order valence-corrected chi connectivity index (χ2v) is 5.63. The summed E-state index contributed by atoms with van der Waals surface area (Å²) in [5, 5.41) is 11.5. The molecule has 94 valence electrons. The number of halogens is 1. The molecule has 0 amide bonds. The number of aromatic nitrogens is 2. The van der Waals surface area contributed by atoms with E-state index in [1.807, 2.05) is 10.9 Å². The summed E-state index contributed by atoms with van der Waals surface area (Å²) in [7, 11) is 0. The van der Waals surface area contributed by atoms with Crippen LogP contribution in [0.3, 0.4) is 0 Å². The quantitative estimate of drug-likeness (QED) is 0.834. The standard InChI is InChI=1S/C11H17BrN4S/c12-9-7-14-16(8-9)6-5-13-11(17)15-10-3-1-2-4-10/h7-8,10H,1-6H2,(H2,13,15,17). The van der Waals surface area contributed by atoms with Crippen molar-refractivity contribution in [3.8, 4) is 0 Å². The molecule has 1 heterocycles. The van der Waals surface area contributed by atoms with E-state index < -0.39 is 0 Å². The summed E-state index contributed by atoms with van der Waals surface area (Å²) >= 11 is 8.62. The van der Waals surface area contributed by atoms with E-state index in [1.165, 1.54) is 25.7 Å². The van der Waals surface area contributed by atoms with E-state index in [9.17, 15) is 0 Å². The van der Waals surface area contributed by atoms with Crippen LogP contribution in [0.5, 0.6) is 0 Å². The summed E-state index contributed by atoms with van der Waals surface area (Å²) in [5.41, 5.74) is 0. The Kier molecular flexibility index (Phi) is 4.79. The van der Waals surface area contributed by atoms with Gasteiger partial charge in [0.05, 0.1) is 17.2 Å². The number of rotatable bonds is 4. The maximum absolute atomic E-state index is 5.25. The van der Waals surface area contributed by atoms with Crippen molar-refractivity contribution in [1.82, 2.24) is 20.4 Å². The van der Waals surface area contributed by atoms with Crippen molar-refractivity contribution in [2.24, 2.45) is 0 Å². The average Bonchev–Trinajstić information content (AvgIpc) is 2.90. The van der Waals surface area contributed by atoms with Gasteiger partial charge in [-0.25, -0.2) is 0 Å². The predicted molar refractivity (Wildman–Crippen MR) is 75.9 cm³/mol. The predicted octanol–water partition coefficient (Wildman–Crippen LogP) is 2.05. The van der Waals surface area contributed by atoms with Gasteiger partial charge in [-0.05, 0) is 41.0 Å². The Bertz CT molecular complexity index is 373. The third-order valence-electron chi connectivity index (χ3n) is 2.92. The lowest BCUT2D eigenvalue weighted by Crippen LogP contribution is -2.41. The van der Waals surface area contributed by atoms with Gasteiger partial charge in [-0.2, -0.15) is 5.10 Å². The van der Waals surface area contributed by atoms with E-state index in [1.54, 1.807) is 6.20 Å². The summed E-state index contributed by atoms with van der Waals surface area (Å²) in [6, 6.07) is 0.578. The monoisotopic (exact) mass is 316 g/mol. The minimum absolute atomic E-state index is 0.578. The molecule has 0 bridgehead atoms. The lowest BCUT2D eigenvalue weighted by atomic mass is 10.3. The Morgan fingerprint density at radius 2 is 2.29 bits per heavy atom. The van der Waals surface area contributed by atoms with E-state index in [-0.39, 0.29) is 0 Å². The van der Waals surface area contributed by atoms with Crippen LogP contribution in [0.25, 0.3) is 0 Å². The lowest BCUT2D eigenvalue weighted by molar-refractivity contribution is 0.584. The van der Waals surface area contributed by atoms with Crippen LogP contribution >= 0.6 is 28.1 Å². The molecule has 1 saturated carbocycles. The maximum atomic E-state index is 5.25. The molecule has 0 spiro atoms. The normalized spacial score (nSPS) is 16.1. The molecule has 0 unspecified atom stereocenters. The number of nitrogens with one attached hydrogen (secondary N) is 2. The highest BCUT2D eigenvalue weighted by atomic mass is 79.9. The molecule has 4 nitrogen and oxygen atoms in total. The molecule has 2 N–H and O–H groups in total. The minimum Gasteiger partial charge on any atom is -0.361 e. The zero-order chi connectivity index (χ0) is 12.1. The van der Waals surface area contributed by atoms with Gasteiger partial charge in [-0.3, -0.25) is 4.68 Å². The highest BCUT2D eigenvalue weighted by Crippen LogP contribution is 2.17. The van der Waals surface area contributed by atoms with Crippen molar-refractivity contribution in [3.63, 3.8) is 0 Å². The third kappa shape index (κ3) is 4.27. The van der Waals surface area contributed by atoms with E-state index in [0.717, 1.165) is 22.7 Å². The Morgan fingerprint density at radius 1 is 1.53 bits per heavy atom.